The van der Waals surface area contributed by atoms with Crippen molar-refractivity contribution in [2.24, 2.45) is 0 Å². The normalized spacial score (nSPS) is 17.2. The van der Waals surface area contributed by atoms with Crippen molar-refractivity contribution in [2.45, 2.75) is 19.1 Å². The van der Waals surface area contributed by atoms with Crippen LogP contribution in [0.1, 0.15) is 34.0 Å². The first kappa shape index (κ1) is 14.3. The van der Waals surface area contributed by atoms with Crippen LogP contribution in [0.4, 0.5) is 0 Å². The van der Waals surface area contributed by atoms with Crippen molar-refractivity contribution in [2.75, 3.05) is 7.11 Å². The number of hydrogen-bond acceptors (Lipinski definition) is 3. The van der Waals surface area contributed by atoms with Gasteiger partial charge in [-0.15, -0.1) is 0 Å². The van der Waals surface area contributed by atoms with Gasteiger partial charge >= 0.3 is 0 Å². The topological polar surface area (TPSA) is 35.5 Å². The van der Waals surface area contributed by atoms with Crippen LogP contribution in [-0.2, 0) is 11.3 Å². The molecular weight excluding hydrogens is 332 g/mol. The first-order chi connectivity index (χ1) is 10.2. The zero-order valence-electron chi connectivity index (χ0n) is 11.6. The van der Waals surface area contributed by atoms with E-state index in [0.29, 0.717) is 24.3 Å². The van der Waals surface area contributed by atoms with Gasteiger partial charge in [0.1, 0.15) is 11.9 Å². The Kier molecular flexibility index (Phi) is 4.08. The molecule has 1 aliphatic rings. The molecule has 0 amide bonds. The monoisotopic (exact) mass is 346 g/mol. The van der Waals surface area contributed by atoms with Crippen molar-refractivity contribution in [1.82, 2.24) is 0 Å². The van der Waals surface area contributed by atoms with E-state index in [9.17, 15) is 4.79 Å². The first-order valence-electron chi connectivity index (χ1n) is 6.74. The highest BCUT2D eigenvalue weighted by Gasteiger charge is 2.27. The van der Waals surface area contributed by atoms with Gasteiger partial charge in [-0.3, -0.25) is 4.79 Å². The highest BCUT2D eigenvalue weighted by atomic mass is 79.9. The average molecular weight is 347 g/mol. The van der Waals surface area contributed by atoms with Crippen LogP contribution in [0.15, 0.2) is 46.9 Å². The van der Waals surface area contributed by atoms with Gasteiger partial charge < -0.3 is 9.47 Å². The molecule has 2 aromatic rings. The molecule has 3 nitrogen and oxygen atoms in total. The highest BCUT2D eigenvalue weighted by molar-refractivity contribution is 9.10. The van der Waals surface area contributed by atoms with Crippen molar-refractivity contribution in [3.05, 3.63) is 63.6 Å². The molecule has 1 aliphatic heterocycles. The Morgan fingerprint density at radius 3 is 2.71 bits per heavy atom. The number of rotatable bonds is 3. The van der Waals surface area contributed by atoms with Crippen molar-refractivity contribution in [3.8, 4) is 5.75 Å². The predicted octanol–water partition coefficient (Wildman–Crippen LogP) is 4.30. The van der Waals surface area contributed by atoms with Crippen LogP contribution in [0.3, 0.4) is 0 Å². The molecule has 0 aliphatic carbocycles. The van der Waals surface area contributed by atoms with Crippen LogP contribution in [0.5, 0.6) is 5.75 Å². The highest BCUT2D eigenvalue weighted by Crippen LogP contribution is 2.36. The third-order valence-electron chi connectivity index (χ3n) is 3.55. The first-order valence-corrected chi connectivity index (χ1v) is 7.54. The summed E-state index contributed by atoms with van der Waals surface area (Å²) in [5, 5.41) is 0. The lowest BCUT2D eigenvalue weighted by Crippen LogP contribution is -2.20. The number of halogens is 1. The lowest BCUT2D eigenvalue weighted by atomic mass is 9.96. The summed E-state index contributed by atoms with van der Waals surface area (Å²) in [7, 11) is 1.67. The summed E-state index contributed by atoms with van der Waals surface area (Å²) >= 11 is 3.41. The number of fused-ring (bicyclic) bond motifs is 1. The van der Waals surface area contributed by atoms with E-state index in [2.05, 4.69) is 15.9 Å². The molecule has 0 radical (unpaired) electrons. The molecule has 0 bridgehead atoms. The third kappa shape index (κ3) is 3.01. The number of ketones is 1. The molecule has 1 heterocycles. The maximum absolute atomic E-state index is 12.2. The second kappa shape index (κ2) is 6.00. The molecule has 21 heavy (non-hydrogen) atoms. The largest absolute Gasteiger partial charge is 0.484 e. The summed E-state index contributed by atoms with van der Waals surface area (Å²) in [5.74, 6) is 0.765. The minimum atomic E-state index is -0.226. The van der Waals surface area contributed by atoms with Gasteiger partial charge in [0.25, 0.3) is 0 Å². The Labute approximate surface area is 132 Å². The molecule has 4 heteroatoms. The second-order valence-corrected chi connectivity index (χ2v) is 5.96. The maximum atomic E-state index is 12.2. The number of carbonyl (C=O) groups excluding carboxylic acids is 1. The Balaban J connectivity index is 1.86. The summed E-state index contributed by atoms with van der Waals surface area (Å²) in [6.45, 7) is 0.584. The molecule has 0 N–H and O–H groups in total. The Morgan fingerprint density at radius 2 is 2.00 bits per heavy atom. The van der Waals surface area contributed by atoms with Gasteiger partial charge in [0.2, 0.25) is 0 Å². The Morgan fingerprint density at radius 1 is 1.24 bits per heavy atom. The van der Waals surface area contributed by atoms with Crippen molar-refractivity contribution >= 4 is 21.7 Å². The van der Waals surface area contributed by atoms with E-state index in [1.807, 2.05) is 36.4 Å². The minimum Gasteiger partial charge on any atom is -0.484 e. The number of hydrogen-bond donors (Lipinski definition) is 0. The quantitative estimate of drug-likeness (QED) is 0.830. The molecular formula is C17H15BrO3. The zero-order chi connectivity index (χ0) is 14.8. The van der Waals surface area contributed by atoms with E-state index >= 15 is 0 Å². The predicted molar refractivity (Wildman–Crippen MR) is 83.6 cm³/mol. The van der Waals surface area contributed by atoms with E-state index in [0.717, 1.165) is 15.6 Å². The molecule has 0 saturated carbocycles. The van der Waals surface area contributed by atoms with Gasteiger partial charge in [-0.1, -0.05) is 40.2 Å². The second-order valence-electron chi connectivity index (χ2n) is 5.05. The lowest BCUT2D eigenvalue weighted by molar-refractivity contribution is 0.0850. The summed E-state index contributed by atoms with van der Waals surface area (Å²) in [6.07, 6.45) is 0.147. The van der Waals surface area contributed by atoms with Gasteiger partial charge in [0.15, 0.2) is 5.78 Å². The number of Topliss-reactive ketones (excluding diaryl/α,β-unsaturated/α-hetero) is 1. The smallest absolute Gasteiger partial charge is 0.170 e. The van der Waals surface area contributed by atoms with Crippen LogP contribution in [0.2, 0.25) is 0 Å². The molecule has 1 unspecified atom stereocenters. The molecule has 2 aromatic carbocycles. The van der Waals surface area contributed by atoms with Crippen LogP contribution in [0, 0.1) is 0 Å². The fourth-order valence-electron chi connectivity index (χ4n) is 2.48. The molecule has 0 fully saturated rings. The molecule has 3 rings (SSSR count). The summed E-state index contributed by atoms with van der Waals surface area (Å²) in [5.41, 5.74) is 2.77. The number of benzene rings is 2. The standard InChI is InChI=1S/C17H15BrO3/c1-20-10-11-2-4-12(5-3-11)16-9-15(19)14-7-6-13(18)8-17(14)21-16/h2-8,16H,9-10H2,1H3. The lowest BCUT2D eigenvalue weighted by Gasteiger charge is -2.25. The van der Waals surface area contributed by atoms with Crippen molar-refractivity contribution < 1.29 is 14.3 Å². The van der Waals surface area contributed by atoms with Crippen LogP contribution in [0.25, 0.3) is 0 Å². The Bertz CT molecular complexity index is 664. The van der Waals surface area contributed by atoms with Gasteiger partial charge in [-0.05, 0) is 29.3 Å². The number of ether oxygens (including phenoxy) is 2. The zero-order valence-corrected chi connectivity index (χ0v) is 13.2. The van der Waals surface area contributed by atoms with E-state index in [1.54, 1.807) is 13.2 Å². The van der Waals surface area contributed by atoms with Gasteiger partial charge in [0, 0.05) is 11.6 Å². The Hall–Kier alpha value is -1.65. The number of carbonyl (C=O) groups is 1. The summed E-state index contributed by atoms with van der Waals surface area (Å²) in [4.78, 5) is 12.2. The maximum Gasteiger partial charge on any atom is 0.170 e. The van der Waals surface area contributed by atoms with Crippen molar-refractivity contribution in [1.29, 1.82) is 0 Å². The average Bonchev–Trinajstić information content (AvgIpc) is 2.48. The van der Waals surface area contributed by atoms with Gasteiger partial charge in [0.05, 0.1) is 18.6 Å². The summed E-state index contributed by atoms with van der Waals surface area (Å²) < 4.78 is 12.0. The van der Waals surface area contributed by atoms with Gasteiger partial charge in [-0.2, -0.15) is 0 Å². The SMILES string of the molecule is COCc1ccc(C2CC(=O)c3ccc(Br)cc3O2)cc1. The van der Waals surface area contributed by atoms with Crippen molar-refractivity contribution in [3.63, 3.8) is 0 Å². The van der Waals surface area contributed by atoms with E-state index < -0.39 is 0 Å². The molecule has 1 atom stereocenters. The van der Waals surface area contributed by atoms with Crippen LogP contribution in [-0.4, -0.2) is 12.9 Å². The minimum absolute atomic E-state index is 0.120. The van der Waals surface area contributed by atoms with E-state index in [-0.39, 0.29) is 11.9 Å². The van der Waals surface area contributed by atoms with E-state index in [1.165, 1.54) is 0 Å². The molecule has 0 saturated heterocycles. The fraction of sp³-hybridized carbons (Fsp3) is 0.235. The molecule has 108 valence electrons. The van der Waals surface area contributed by atoms with Gasteiger partial charge in [-0.25, -0.2) is 0 Å². The molecule has 0 aromatic heterocycles. The van der Waals surface area contributed by atoms with E-state index in [4.69, 9.17) is 9.47 Å². The van der Waals surface area contributed by atoms with Crippen LogP contribution >= 0.6 is 15.9 Å². The molecule has 0 spiro atoms. The summed E-state index contributed by atoms with van der Waals surface area (Å²) in [6, 6.07) is 13.5. The third-order valence-corrected chi connectivity index (χ3v) is 4.04. The van der Waals surface area contributed by atoms with Crippen LogP contribution < -0.4 is 4.74 Å². The fourth-order valence-corrected chi connectivity index (χ4v) is 2.82. The number of methoxy groups -OCH3 is 1.